The molecule has 0 atom stereocenters. The maximum atomic E-state index is 13.7. The molecule has 3 N–H and O–H groups in total. The molecule has 0 radical (unpaired) electrons. The van der Waals surface area contributed by atoms with Crippen LogP contribution in [0.5, 0.6) is 0 Å². The Morgan fingerprint density at radius 1 is 0.633 bits per heavy atom. The first-order chi connectivity index (χ1) is 14.8. The van der Waals surface area contributed by atoms with Crippen molar-refractivity contribution in [2.45, 2.75) is 0 Å². The number of hydrogen-bond acceptors (Lipinski definition) is 7. The number of benzene rings is 3. The molecule has 0 saturated carbocycles. The molecular formula is C22H18FN7. The van der Waals surface area contributed by atoms with Gasteiger partial charge in [0.05, 0.1) is 6.21 Å². The van der Waals surface area contributed by atoms with E-state index in [9.17, 15) is 4.39 Å². The van der Waals surface area contributed by atoms with E-state index in [4.69, 9.17) is 0 Å². The number of aromatic nitrogens is 3. The molecule has 4 rings (SSSR count). The Hall–Kier alpha value is -4.33. The summed E-state index contributed by atoms with van der Waals surface area (Å²) in [6.07, 6.45) is 1.37. The van der Waals surface area contributed by atoms with E-state index in [-0.39, 0.29) is 11.8 Å². The van der Waals surface area contributed by atoms with E-state index in [0.717, 1.165) is 11.4 Å². The lowest BCUT2D eigenvalue weighted by Gasteiger charge is -2.10. The molecule has 3 aromatic carbocycles. The molecule has 0 bridgehead atoms. The van der Waals surface area contributed by atoms with Crippen molar-refractivity contribution in [3.05, 3.63) is 96.3 Å². The minimum atomic E-state index is -0.364. The van der Waals surface area contributed by atoms with E-state index in [2.05, 4.69) is 36.1 Å². The lowest BCUT2D eigenvalue weighted by molar-refractivity contribution is 0.626. The number of nitrogens with one attached hydrogen (secondary N) is 3. The highest BCUT2D eigenvalue weighted by atomic mass is 19.1. The van der Waals surface area contributed by atoms with Crippen LogP contribution in [0, 0.1) is 5.82 Å². The average molecular weight is 399 g/mol. The standard InChI is InChI=1S/C22H18FN7/c23-19-14-8-7-9-16(19)15-24-30-22-28-20(25-17-10-3-1-4-11-17)27-21(29-22)26-18-12-5-2-6-13-18/h1-15H,(H3,25,26,27,28,29,30)/b24-15-. The molecule has 1 aromatic heterocycles. The first-order valence-corrected chi connectivity index (χ1v) is 9.20. The van der Waals surface area contributed by atoms with E-state index in [1.54, 1.807) is 18.2 Å². The molecule has 148 valence electrons. The highest BCUT2D eigenvalue weighted by molar-refractivity contribution is 5.80. The van der Waals surface area contributed by atoms with E-state index in [1.807, 2.05) is 60.7 Å². The molecule has 8 heteroatoms. The van der Waals surface area contributed by atoms with Gasteiger partial charge in [-0.15, -0.1) is 0 Å². The lowest BCUT2D eigenvalue weighted by Crippen LogP contribution is -2.07. The normalized spacial score (nSPS) is 10.7. The van der Waals surface area contributed by atoms with Crippen molar-refractivity contribution in [2.24, 2.45) is 5.10 Å². The molecule has 1 heterocycles. The van der Waals surface area contributed by atoms with Crippen molar-refractivity contribution in [3.8, 4) is 0 Å². The fourth-order valence-corrected chi connectivity index (χ4v) is 2.58. The maximum Gasteiger partial charge on any atom is 0.250 e. The minimum Gasteiger partial charge on any atom is -0.324 e. The monoisotopic (exact) mass is 399 g/mol. The third-order valence-corrected chi connectivity index (χ3v) is 3.97. The van der Waals surface area contributed by atoms with Gasteiger partial charge >= 0.3 is 0 Å². The van der Waals surface area contributed by atoms with Crippen molar-refractivity contribution in [1.82, 2.24) is 15.0 Å². The number of hydrogen-bond donors (Lipinski definition) is 3. The lowest BCUT2D eigenvalue weighted by atomic mass is 10.2. The van der Waals surface area contributed by atoms with Gasteiger partial charge < -0.3 is 10.6 Å². The van der Waals surface area contributed by atoms with Crippen LogP contribution in [0.3, 0.4) is 0 Å². The molecule has 0 saturated heterocycles. The molecule has 7 nitrogen and oxygen atoms in total. The Kier molecular flexibility index (Phi) is 5.86. The fraction of sp³-hybridized carbons (Fsp3) is 0. The van der Waals surface area contributed by atoms with Crippen LogP contribution in [-0.2, 0) is 0 Å². The zero-order chi connectivity index (χ0) is 20.6. The zero-order valence-corrected chi connectivity index (χ0v) is 15.8. The molecule has 0 aliphatic heterocycles. The van der Waals surface area contributed by atoms with Crippen LogP contribution in [0.15, 0.2) is 90.0 Å². The largest absolute Gasteiger partial charge is 0.324 e. The van der Waals surface area contributed by atoms with Crippen LogP contribution >= 0.6 is 0 Å². The first-order valence-electron chi connectivity index (χ1n) is 9.20. The third kappa shape index (κ3) is 5.14. The summed E-state index contributed by atoms with van der Waals surface area (Å²) in [4.78, 5) is 13.1. The minimum absolute atomic E-state index is 0.203. The smallest absolute Gasteiger partial charge is 0.250 e. The molecule has 0 aliphatic rings. The van der Waals surface area contributed by atoms with Crippen molar-refractivity contribution >= 4 is 35.4 Å². The summed E-state index contributed by atoms with van der Waals surface area (Å²) in [6.45, 7) is 0. The summed E-state index contributed by atoms with van der Waals surface area (Å²) in [5.74, 6) is 0.502. The van der Waals surface area contributed by atoms with E-state index >= 15 is 0 Å². The Bertz CT molecular complexity index is 1070. The second-order valence-corrected chi connectivity index (χ2v) is 6.18. The number of rotatable bonds is 7. The topological polar surface area (TPSA) is 87.1 Å². The van der Waals surface area contributed by atoms with Gasteiger partial charge in [0.25, 0.3) is 0 Å². The van der Waals surface area contributed by atoms with Gasteiger partial charge in [0.2, 0.25) is 17.8 Å². The predicted molar refractivity (Wildman–Crippen MR) is 117 cm³/mol. The molecular weight excluding hydrogens is 381 g/mol. The van der Waals surface area contributed by atoms with Gasteiger partial charge in [-0.2, -0.15) is 20.1 Å². The van der Waals surface area contributed by atoms with Gasteiger partial charge in [-0.05, 0) is 30.3 Å². The fourth-order valence-electron chi connectivity index (χ4n) is 2.58. The van der Waals surface area contributed by atoms with Gasteiger partial charge in [-0.1, -0.05) is 54.6 Å². The van der Waals surface area contributed by atoms with Crippen molar-refractivity contribution < 1.29 is 4.39 Å². The van der Waals surface area contributed by atoms with Crippen molar-refractivity contribution in [2.75, 3.05) is 16.1 Å². The van der Waals surface area contributed by atoms with Crippen LogP contribution in [-0.4, -0.2) is 21.2 Å². The average Bonchev–Trinajstić information content (AvgIpc) is 2.76. The SMILES string of the molecule is Fc1ccccc1/C=N\Nc1nc(Nc2ccccc2)nc(Nc2ccccc2)n1. The summed E-state index contributed by atoms with van der Waals surface area (Å²) in [6, 6.07) is 25.4. The summed E-state index contributed by atoms with van der Waals surface area (Å²) >= 11 is 0. The second kappa shape index (κ2) is 9.24. The summed E-state index contributed by atoms with van der Waals surface area (Å²) < 4.78 is 13.7. The quantitative estimate of drug-likeness (QED) is 0.301. The summed E-state index contributed by atoms with van der Waals surface area (Å²) in [7, 11) is 0. The van der Waals surface area contributed by atoms with Gasteiger partial charge in [-0.3, -0.25) is 0 Å². The Morgan fingerprint density at radius 3 is 1.70 bits per heavy atom. The van der Waals surface area contributed by atoms with Crippen LogP contribution in [0.2, 0.25) is 0 Å². The van der Waals surface area contributed by atoms with Crippen LogP contribution < -0.4 is 16.1 Å². The Balaban J connectivity index is 1.58. The molecule has 0 fully saturated rings. The highest BCUT2D eigenvalue weighted by Crippen LogP contribution is 2.18. The number of hydrazone groups is 1. The van der Waals surface area contributed by atoms with Crippen molar-refractivity contribution in [3.63, 3.8) is 0 Å². The van der Waals surface area contributed by atoms with E-state index in [0.29, 0.717) is 17.5 Å². The van der Waals surface area contributed by atoms with Crippen molar-refractivity contribution in [1.29, 1.82) is 0 Å². The number of anilines is 5. The maximum absolute atomic E-state index is 13.7. The summed E-state index contributed by atoms with van der Waals surface area (Å²) in [5.41, 5.74) is 4.74. The van der Waals surface area contributed by atoms with Crippen LogP contribution in [0.1, 0.15) is 5.56 Å². The first kappa shape index (κ1) is 19.0. The zero-order valence-electron chi connectivity index (χ0n) is 15.8. The van der Waals surface area contributed by atoms with E-state index in [1.165, 1.54) is 12.3 Å². The number of para-hydroxylation sites is 2. The highest BCUT2D eigenvalue weighted by Gasteiger charge is 2.07. The predicted octanol–water partition coefficient (Wildman–Crippen LogP) is 4.94. The summed E-state index contributed by atoms with van der Waals surface area (Å²) in [5, 5.41) is 10.3. The molecule has 0 spiro atoms. The molecule has 0 aliphatic carbocycles. The van der Waals surface area contributed by atoms with Gasteiger partial charge in [-0.25, -0.2) is 9.82 Å². The number of nitrogens with zero attached hydrogens (tertiary/aromatic N) is 4. The van der Waals surface area contributed by atoms with Crippen LogP contribution in [0.4, 0.5) is 33.6 Å². The van der Waals surface area contributed by atoms with Gasteiger partial charge in [0.15, 0.2) is 0 Å². The Labute approximate surface area is 172 Å². The van der Waals surface area contributed by atoms with E-state index < -0.39 is 0 Å². The Morgan fingerprint density at radius 2 is 1.13 bits per heavy atom. The number of halogens is 1. The van der Waals surface area contributed by atoms with Gasteiger partial charge in [0, 0.05) is 16.9 Å². The third-order valence-electron chi connectivity index (χ3n) is 3.97. The molecule has 0 unspecified atom stereocenters. The molecule has 30 heavy (non-hydrogen) atoms. The molecule has 0 amide bonds. The second-order valence-electron chi connectivity index (χ2n) is 6.18. The van der Waals surface area contributed by atoms with Gasteiger partial charge in [0.1, 0.15) is 5.82 Å². The molecule has 4 aromatic rings. The van der Waals surface area contributed by atoms with Crippen LogP contribution in [0.25, 0.3) is 0 Å².